The van der Waals surface area contributed by atoms with Gasteiger partial charge in [0.1, 0.15) is 11.5 Å². The van der Waals surface area contributed by atoms with Gasteiger partial charge in [0.25, 0.3) is 0 Å². The molecule has 1 aromatic rings. The number of aryl methyl sites for hydroxylation is 1. The summed E-state index contributed by atoms with van der Waals surface area (Å²) in [6.07, 6.45) is 3.30. The summed E-state index contributed by atoms with van der Waals surface area (Å²) in [6.45, 7) is 3.89. The topological polar surface area (TPSA) is 38.1 Å². The van der Waals surface area contributed by atoms with Gasteiger partial charge in [-0.05, 0) is 25.5 Å². The van der Waals surface area contributed by atoms with Crippen LogP contribution >= 0.6 is 12.4 Å². The molecular formula is C9H13ClN2O. The Labute approximate surface area is 83.6 Å². The first-order valence-corrected chi connectivity index (χ1v) is 4.20. The molecule has 0 saturated carbocycles. The van der Waals surface area contributed by atoms with Crippen LogP contribution < -0.4 is 5.32 Å². The summed E-state index contributed by atoms with van der Waals surface area (Å²) >= 11 is 0. The van der Waals surface area contributed by atoms with E-state index in [4.69, 9.17) is 4.52 Å². The Morgan fingerprint density at radius 3 is 2.92 bits per heavy atom. The molecule has 2 heterocycles. The van der Waals surface area contributed by atoms with Crippen LogP contribution in [0.1, 0.15) is 17.9 Å². The van der Waals surface area contributed by atoms with E-state index in [1.54, 1.807) is 0 Å². The summed E-state index contributed by atoms with van der Waals surface area (Å²) in [7, 11) is 0. The van der Waals surface area contributed by atoms with Crippen LogP contribution in [0.3, 0.4) is 0 Å². The van der Waals surface area contributed by atoms with E-state index in [2.05, 4.69) is 16.5 Å². The summed E-state index contributed by atoms with van der Waals surface area (Å²) in [5, 5.41) is 7.25. The van der Waals surface area contributed by atoms with Crippen molar-refractivity contribution < 1.29 is 4.52 Å². The molecular weight excluding hydrogens is 188 g/mol. The van der Waals surface area contributed by atoms with E-state index in [1.165, 1.54) is 5.57 Å². The van der Waals surface area contributed by atoms with E-state index in [9.17, 15) is 0 Å². The van der Waals surface area contributed by atoms with Gasteiger partial charge in [-0.1, -0.05) is 11.2 Å². The molecule has 0 unspecified atom stereocenters. The first-order valence-electron chi connectivity index (χ1n) is 4.20. The van der Waals surface area contributed by atoms with E-state index < -0.39 is 0 Å². The van der Waals surface area contributed by atoms with Gasteiger partial charge in [0.15, 0.2) is 0 Å². The van der Waals surface area contributed by atoms with Crippen LogP contribution in [0.5, 0.6) is 0 Å². The third-order valence-electron chi connectivity index (χ3n) is 1.98. The fraction of sp³-hybridized carbons (Fsp3) is 0.444. The average Bonchev–Trinajstić information content (AvgIpc) is 2.54. The van der Waals surface area contributed by atoms with E-state index in [1.807, 2.05) is 13.0 Å². The van der Waals surface area contributed by atoms with Crippen molar-refractivity contribution in [2.75, 3.05) is 13.1 Å². The SMILES string of the molecule is Cc1cc(C2=CCCNC2)no1.Cl. The zero-order valence-electron chi connectivity index (χ0n) is 7.54. The molecule has 1 aliphatic heterocycles. The van der Waals surface area contributed by atoms with Crippen LogP contribution in [0.4, 0.5) is 0 Å². The van der Waals surface area contributed by atoms with E-state index in [0.29, 0.717) is 0 Å². The Hall–Kier alpha value is -0.800. The third-order valence-corrected chi connectivity index (χ3v) is 1.98. The lowest BCUT2D eigenvalue weighted by molar-refractivity contribution is 0.395. The molecule has 1 N–H and O–H groups in total. The predicted molar refractivity (Wildman–Crippen MR) is 54.0 cm³/mol. The zero-order valence-corrected chi connectivity index (χ0v) is 8.36. The number of hydrogen-bond donors (Lipinski definition) is 1. The summed E-state index contributed by atoms with van der Waals surface area (Å²) < 4.78 is 5.00. The third kappa shape index (κ3) is 2.32. The molecule has 1 aromatic heterocycles. The van der Waals surface area contributed by atoms with Gasteiger partial charge < -0.3 is 9.84 Å². The van der Waals surface area contributed by atoms with Crippen LogP contribution in [0.2, 0.25) is 0 Å². The second kappa shape index (κ2) is 4.44. The molecule has 4 heteroatoms. The van der Waals surface area contributed by atoms with Crippen molar-refractivity contribution in [1.29, 1.82) is 0 Å². The molecule has 72 valence electrons. The number of nitrogens with one attached hydrogen (secondary N) is 1. The molecule has 0 aromatic carbocycles. The molecule has 0 radical (unpaired) electrons. The maximum absolute atomic E-state index is 5.00. The van der Waals surface area contributed by atoms with Gasteiger partial charge in [0.2, 0.25) is 0 Å². The largest absolute Gasteiger partial charge is 0.361 e. The molecule has 2 rings (SSSR count). The highest BCUT2D eigenvalue weighted by Gasteiger charge is 2.08. The second-order valence-corrected chi connectivity index (χ2v) is 3.02. The lowest BCUT2D eigenvalue weighted by Gasteiger charge is -2.10. The standard InChI is InChI=1S/C9H12N2O.ClH/c1-7-5-9(11-12-7)8-3-2-4-10-6-8;/h3,5,10H,2,4,6H2,1H3;1H. The number of rotatable bonds is 1. The quantitative estimate of drug-likeness (QED) is 0.751. The summed E-state index contributed by atoms with van der Waals surface area (Å²) in [5.41, 5.74) is 2.22. The van der Waals surface area contributed by atoms with Crippen LogP contribution in [0, 0.1) is 6.92 Å². The van der Waals surface area contributed by atoms with E-state index >= 15 is 0 Å². The van der Waals surface area contributed by atoms with Crippen molar-refractivity contribution in [3.63, 3.8) is 0 Å². The molecule has 1 aliphatic rings. The number of halogens is 1. The Kier molecular flexibility index (Phi) is 3.51. The van der Waals surface area contributed by atoms with Crippen molar-refractivity contribution in [2.45, 2.75) is 13.3 Å². The fourth-order valence-corrected chi connectivity index (χ4v) is 1.36. The monoisotopic (exact) mass is 200 g/mol. The Morgan fingerprint density at radius 1 is 1.54 bits per heavy atom. The summed E-state index contributed by atoms with van der Waals surface area (Å²) in [5.74, 6) is 0.872. The van der Waals surface area contributed by atoms with Gasteiger partial charge in [-0.2, -0.15) is 0 Å². The van der Waals surface area contributed by atoms with Gasteiger partial charge in [-0.25, -0.2) is 0 Å². The van der Waals surface area contributed by atoms with Crippen molar-refractivity contribution >= 4 is 18.0 Å². The van der Waals surface area contributed by atoms with Gasteiger partial charge in [-0.3, -0.25) is 0 Å². The Balaban J connectivity index is 0.000000845. The Morgan fingerprint density at radius 2 is 2.38 bits per heavy atom. The number of nitrogens with zero attached hydrogens (tertiary/aromatic N) is 1. The van der Waals surface area contributed by atoms with Crippen LogP contribution in [-0.2, 0) is 0 Å². The molecule has 0 aliphatic carbocycles. The minimum atomic E-state index is 0. The maximum atomic E-state index is 5.00. The Bertz CT molecular complexity index is 306. The molecule has 0 fully saturated rings. The average molecular weight is 201 g/mol. The van der Waals surface area contributed by atoms with Crippen LogP contribution in [0.25, 0.3) is 5.57 Å². The minimum Gasteiger partial charge on any atom is -0.361 e. The minimum absolute atomic E-state index is 0. The van der Waals surface area contributed by atoms with Gasteiger partial charge in [0, 0.05) is 12.6 Å². The van der Waals surface area contributed by atoms with E-state index in [-0.39, 0.29) is 12.4 Å². The predicted octanol–water partition coefficient (Wildman–Crippen LogP) is 1.78. The first kappa shape index (κ1) is 10.3. The van der Waals surface area contributed by atoms with Gasteiger partial charge in [-0.15, -0.1) is 12.4 Å². The molecule has 0 atom stereocenters. The molecule has 0 amide bonds. The smallest absolute Gasteiger partial charge is 0.134 e. The van der Waals surface area contributed by atoms with Crippen molar-refractivity contribution in [1.82, 2.24) is 10.5 Å². The first-order chi connectivity index (χ1) is 5.86. The van der Waals surface area contributed by atoms with Crippen LogP contribution in [-0.4, -0.2) is 18.2 Å². The lowest BCUT2D eigenvalue weighted by Crippen LogP contribution is -2.21. The fourth-order valence-electron chi connectivity index (χ4n) is 1.36. The molecule has 0 spiro atoms. The number of aromatic nitrogens is 1. The van der Waals surface area contributed by atoms with Gasteiger partial charge >= 0.3 is 0 Å². The van der Waals surface area contributed by atoms with Gasteiger partial charge in [0.05, 0.1) is 0 Å². The van der Waals surface area contributed by atoms with E-state index in [0.717, 1.165) is 31.0 Å². The molecule has 13 heavy (non-hydrogen) atoms. The highest BCUT2D eigenvalue weighted by molar-refractivity contribution is 5.85. The van der Waals surface area contributed by atoms with Crippen molar-refractivity contribution in [2.24, 2.45) is 0 Å². The van der Waals surface area contributed by atoms with Crippen LogP contribution in [0.15, 0.2) is 16.7 Å². The van der Waals surface area contributed by atoms with Crippen molar-refractivity contribution in [3.05, 3.63) is 23.6 Å². The highest BCUT2D eigenvalue weighted by atomic mass is 35.5. The summed E-state index contributed by atoms with van der Waals surface area (Å²) in [4.78, 5) is 0. The molecule has 0 bridgehead atoms. The molecule has 3 nitrogen and oxygen atoms in total. The maximum Gasteiger partial charge on any atom is 0.134 e. The normalized spacial score (nSPS) is 16.2. The number of hydrogen-bond acceptors (Lipinski definition) is 3. The zero-order chi connectivity index (χ0) is 8.39. The lowest BCUT2D eigenvalue weighted by atomic mass is 10.1. The highest BCUT2D eigenvalue weighted by Crippen LogP contribution is 2.15. The van der Waals surface area contributed by atoms with Crippen molar-refractivity contribution in [3.8, 4) is 0 Å². The summed E-state index contributed by atoms with van der Waals surface area (Å²) in [6, 6.07) is 1.97. The molecule has 0 saturated heterocycles. The second-order valence-electron chi connectivity index (χ2n) is 3.02.